The molecule has 2 amide bonds. The van der Waals surface area contributed by atoms with Gasteiger partial charge in [-0.1, -0.05) is 36.4 Å². The lowest BCUT2D eigenvalue weighted by Crippen LogP contribution is -2.41. The predicted molar refractivity (Wildman–Crippen MR) is 131 cm³/mol. The number of benzene rings is 3. The van der Waals surface area contributed by atoms with Crippen molar-refractivity contribution in [2.75, 3.05) is 14.2 Å². The summed E-state index contributed by atoms with van der Waals surface area (Å²) in [4.78, 5) is 15.5. The van der Waals surface area contributed by atoms with Gasteiger partial charge in [0.2, 0.25) is 0 Å². The highest BCUT2D eigenvalue weighted by Crippen LogP contribution is 2.39. The number of hydrogen-bond acceptors (Lipinski definition) is 3. The van der Waals surface area contributed by atoms with Gasteiger partial charge in [0.15, 0.2) is 11.5 Å². The number of ether oxygens (including phenoxy) is 2. The van der Waals surface area contributed by atoms with Gasteiger partial charge in [-0.25, -0.2) is 9.18 Å². The molecule has 0 saturated heterocycles. The molecule has 3 aromatic carbocycles. The average Bonchev–Trinajstić information content (AvgIpc) is 3.32. The molecule has 178 valence electrons. The third kappa shape index (κ3) is 4.33. The zero-order chi connectivity index (χ0) is 24.4. The fourth-order valence-corrected chi connectivity index (χ4v) is 4.59. The predicted octanol–water partition coefficient (Wildman–Crippen LogP) is 5.45. The van der Waals surface area contributed by atoms with Gasteiger partial charge in [0, 0.05) is 18.4 Å². The van der Waals surface area contributed by atoms with Gasteiger partial charge >= 0.3 is 6.03 Å². The van der Waals surface area contributed by atoms with Crippen molar-refractivity contribution in [1.29, 1.82) is 0 Å². The second-order valence-electron chi connectivity index (χ2n) is 8.36. The molecule has 1 aromatic heterocycles. The van der Waals surface area contributed by atoms with Crippen LogP contribution < -0.4 is 14.8 Å². The molecule has 0 aliphatic carbocycles. The van der Waals surface area contributed by atoms with E-state index in [-0.39, 0.29) is 24.4 Å². The van der Waals surface area contributed by atoms with E-state index in [4.69, 9.17) is 9.47 Å². The van der Waals surface area contributed by atoms with Gasteiger partial charge in [0.25, 0.3) is 0 Å². The van der Waals surface area contributed by atoms with Crippen molar-refractivity contribution in [2.24, 2.45) is 0 Å². The number of halogens is 1. The van der Waals surface area contributed by atoms with Gasteiger partial charge in [-0.3, -0.25) is 0 Å². The Labute approximate surface area is 203 Å². The maximum Gasteiger partial charge on any atom is 0.318 e. The lowest BCUT2D eigenvalue weighted by atomic mass is 10.0. The standard InChI is InChI=1S/C28H26FN3O3/c1-34-25-14-11-20(16-26(25)35-2)27-24-8-5-15-31(24)23-7-4-3-6-21(23)18-32(27)28(33)30-17-19-9-12-22(29)13-10-19/h3-16,27H,17-18H2,1-2H3,(H,30,33)/t27-/m1/s1. The van der Waals surface area contributed by atoms with Crippen LogP contribution in [0.25, 0.3) is 5.69 Å². The molecule has 6 nitrogen and oxygen atoms in total. The lowest BCUT2D eigenvalue weighted by molar-refractivity contribution is 0.180. The SMILES string of the molecule is COc1ccc([C@@H]2c3cccn3-c3ccccc3CN2C(=O)NCc2ccc(F)cc2)cc1OC. The molecular formula is C28H26FN3O3. The molecule has 5 rings (SSSR count). The summed E-state index contributed by atoms with van der Waals surface area (Å²) in [6.45, 7) is 0.697. The number of fused-ring (bicyclic) bond motifs is 3. The smallest absolute Gasteiger partial charge is 0.318 e. The molecule has 2 heterocycles. The number of methoxy groups -OCH3 is 2. The molecule has 7 heteroatoms. The van der Waals surface area contributed by atoms with E-state index in [0.29, 0.717) is 18.0 Å². The Bertz CT molecular complexity index is 1350. The normalized spacial score (nSPS) is 14.5. The van der Waals surface area contributed by atoms with E-state index >= 15 is 0 Å². The van der Waals surface area contributed by atoms with Crippen molar-refractivity contribution in [1.82, 2.24) is 14.8 Å². The zero-order valence-corrected chi connectivity index (χ0v) is 19.6. The highest BCUT2D eigenvalue weighted by Gasteiger charge is 2.33. The third-order valence-corrected chi connectivity index (χ3v) is 6.31. The van der Waals surface area contributed by atoms with Gasteiger partial charge in [0.05, 0.1) is 32.5 Å². The van der Waals surface area contributed by atoms with Gasteiger partial charge in [-0.15, -0.1) is 0 Å². The van der Waals surface area contributed by atoms with E-state index in [1.54, 1.807) is 26.4 Å². The summed E-state index contributed by atoms with van der Waals surface area (Å²) >= 11 is 0. The second-order valence-corrected chi connectivity index (χ2v) is 8.36. The summed E-state index contributed by atoms with van der Waals surface area (Å²) in [5.74, 6) is 0.908. The fraction of sp³-hybridized carbons (Fsp3) is 0.179. The molecule has 1 aliphatic heterocycles. The summed E-state index contributed by atoms with van der Waals surface area (Å²) < 4.78 is 26.4. The first kappa shape index (κ1) is 22.5. The first-order chi connectivity index (χ1) is 17.1. The molecule has 0 saturated carbocycles. The summed E-state index contributed by atoms with van der Waals surface area (Å²) in [6, 6.07) is 23.3. The van der Waals surface area contributed by atoms with Crippen LogP contribution in [-0.2, 0) is 13.1 Å². The van der Waals surface area contributed by atoms with Crippen molar-refractivity contribution < 1.29 is 18.7 Å². The Kier molecular flexibility index (Phi) is 6.14. The van der Waals surface area contributed by atoms with Crippen LogP contribution in [0.4, 0.5) is 9.18 Å². The van der Waals surface area contributed by atoms with Crippen molar-refractivity contribution >= 4 is 6.03 Å². The Morgan fingerprint density at radius 3 is 2.51 bits per heavy atom. The van der Waals surface area contributed by atoms with Gasteiger partial charge in [-0.2, -0.15) is 0 Å². The monoisotopic (exact) mass is 471 g/mol. The summed E-state index contributed by atoms with van der Waals surface area (Å²) in [5.41, 5.74) is 4.74. The van der Waals surface area contributed by atoms with Crippen LogP contribution in [0.1, 0.15) is 28.4 Å². The van der Waals surface area contributed by atoms with Gasteiger partial charge in [0.1, 0.15) is 5.82 Å². The molecular weight excluding hydrogens is 445 g/mol. The Hall–Kier alpha value is -4.26. The minimum atomic E-state index is -0.384. The minimum absolute atomic E-state index is 0.224. The Balaban J connectivity index is 1.57. The number of hydrogen-bond donors (Lipinski definition) is 1. The highest BCUT2D eigenvalue weighted by atomic mass is 19.1. The molecule has 0 radical (unpaired) electrons. The largest absolute Gasteiger partial charge is 0.493 e. The number of nitrogens with one attached hydrogen (secondary N) is 1. The van der Waals surface area contributed by atoms with Crippen molar-refractivity contribution in [3.05, 3.63) is 113 Å². The molecule has 0 spiro atoms. The van der Waals surface area contributed by atoms with E-state index < -0.39 is 0 Å². The van der Waals surface area contributed by atoms with Crippen LogP contribution >= 0.6 is 0 Å². The first-order valence-corrected chi connectivity index (χ1v) is 11.4. The van der Waals surface area contributed by atoms with Crippen LogP contribution in [0.2, 0.25) is 0 Å². The molecule has 4 aromatic rings. The number of carbonyl (C=O) groups excluding carboxylic acids is 1. The number of carbonyl (C=O) groups is 1. The molecule has 0 bridgehead atoms. The van der Waals surface area contributed by atoms with E-state index in [0.717, 1.165) is 28.1 Å². The molecule has 0 unspecified atom stereocenters. The number of rotatable bonds is 5. The summed E-state index contributed by atoms with van der Waals surface area (Å²) in [5, 5.41) is 3.02. The molecule has 1 atom stereocenters. The quantitative estimate of drug-likeness (QED) is 0.421. The van der Waals surface area contributed by atoms with Crippen LogP contribution in [-0.4, -0.2) is 29.7 Å². The molecule has 1 N–H and O–H groups in total. The van der Waals surface area contributed by atoms with Crippen LogP contribution in [0.5, 0.6) is 11.5 Å². The van der Waals surface area contributed by atoms with Crippen LogP contribution in [0, 0.1) is 5.82 Å². The fourth-order valence-electron chi connectivity index (χ4n) is 4.59. The van der Waals surface area contributed by atoms with Crippen molar-refractivity contribution in [3.8, 4) is 17.2 Å². The van der Waals surface area contributed by atoms with Gasteiger partial charge < -0.3 is 24.3 Å². The van der Waals surface area contributed by atoms with Crippen LogP contribution in [0.3, 0.4) is 0 Å². The number of urea groups is 1. The Morgan fingerprint density at radius 1 is 0.971 bits per heavy atom. The molecule has 0 fully saturated rings. The number of aromatic nitrogens is 1. The zero-order valence-electron chi connectivity index (χ0n) is 19.6. The first-order valence-electron chi connectivity index (χ1n) is 11.4. The van der Waals surface area contributed by atoms with Crippen molar-refractivity contribution in [3.63, 3.8) is 0 Å². The third-order valence-electron chi connectivity index (χ3n) is 6.31. The topological polar surface area (TPSA) is 55.7 Å². The van der Waals surface area contributed by atoms with Crippen LogP contribution in [0.15, 0.2) is 85.1 Å². The maximum absolute atomic E-state index is 13.7. The second kappa shape index (κ2) is 9.54. The number of nitrogens with zero attached hydrogens (tertiary/aromatic N) is 2. The summed E-state index contributed by atoms with van der Waals surface area (Å²) in [6.07, 6.45) is 2.02. The highest BCUT2D eigenvalue weighted by molar-refractivity contribution is 5.76. The minimum Gasteiger partial charge on any atom is -0.493 e. The lowest BCUT2D eigenvalue weighted by Gasteiger charge is -2.31. The van der Waals surface area contributed by atoms with E-state index in [2.05, 4.69) is 16.0 Å². The maximum atomic E-state index is 13.7. The molecule has 1 aliphatic rings. The number of amides is 2. The van der Waals surface area contributed by atoms with E-state index in [1.807, 2.05) is 59.6 Å². The van der Waals surface area contributed by atoms with Crippen molar-refractivity contribution in [2.45, 2.75) is 19.1 Å². The van der Waals surface area contributed by atoms with E-state index in [1.165, 1.54) is 12.1 Å². The Morgan fingerprint density at radius 2 is 1.74 bits per heavy atom. The number of para-hydroxylation sites is 1. The average molecular weight is 472 g/mol. The molecule has 35 heavy (non-hydrogen) atoms. The van der Waals surface area contributed by atoms with E-state index in [9.17, 15) is 9.18 Å². The summed E-state index contributed by atoms with van der Waals surface area (Å²) in [7, 11) is 3.20. The van der Waals surface area contributed by atoms with Gasteiger partial charge in [-0.05, 0) is 59.2 Å².